The highest BCUT2D eigenvalue weighted by Gasteiger charge is 2.40. The number of nitrogens with two attached hydrogens (primary N) is 1. The van der Waals surface area contributed by atoms with E-state index in [1.54, 1.807) is 18.2 Å². The molecule has 0 saturated heterocycles. The van der Waals surface area contributed by atoms with Crippen molar-refractivity contribution in [2.45, 2.75) is 31.0 Å². The summed E-state index contributed by atoms with van der Waals surface area (Å²) in [7, 11) is 0. The van der Waals surface area contributed by atoms with Crippen LogP contribution in [0.25, 0.3) is 0 Å². The summed E-state index contributed by atoms with van der Waals surface area (Å²) >= 11 is 0. The molecule has 3 nitrogen and oxygen atoms in total. The molecule has 2 atom stereocenters. The minimum absolute atomic E-state index is 0.0156. The SMILES string of the molecule is NC1=N[C@@H](CCC(c2ccccc2)C(F)(F)F)CO1. The molecule has 0 fully saturated rings. The molecule has 0 saturated carbocycles. The number of aliphatic imine (C=N–C) groups is 1. The molecule has 2 N–H and O–H groups in total. The van der Waals surface area contributed by atoms with E-state index in [9.17, 15) is 13.2 Å². The van der Waals surface area contributed by atoms with Gasteiger partial charge < -0.3 is 10.5 Å². The molecular formula is C13H15F3N2O. The van der Waals surface area contributed by atoms with Crippen molar-refractivity contribution in [2.24, 2.45) is 10.7 Å². The largest absolute Gasteiger partial charge is 0.463 e. The molecule has 1 aliphatic heterocycles. The Morgan fingerprint density at radius 2 is 2.00 bits per heavy atom. The molecule has 0 radical (unpaired) electrons. The van der Waals surface area contributed by atoms with Crippen LogP contribution in [0.4, 0.5) is 13.2 Å². The zero-order chi connectivity index (χ0) is 13.9. The van der Waals surface area contributed by atoms with Crippen molar-refractivity contribution in [3.05, 3.63) is 35.9 Å². The second-order valence-electron chi connectivity index (χ2n) is 4.51. The molecule has 1 aromatic rings. The first-order valence-electron chi connectivity index (χ1n) is 6.04. The number of halogens is 3. The first-order valence-corrected chi connectivity index (χ1v) is 6.04. The zero-order valence-corrected chi connectivity index (χ0v) is 10.2. The summed E-state index contributed by atoms with van der Waals surface area (Å²) in [6.45, 7) is 0.269. The number of nitrogens with zero attached hydrogens (tertiary/aromatic N) is 1. The quantitative estimate of drug-likeness (QED) is 0.916. The fourth-order valence-corrected chi connectivity index (χ4v) is 2.15. The van der Waals surface area contributed by atoms with Crippen LogP contribution in [0.15, 0.2) is 35.3 Å². The molecule has 1 heterocycles. The summed E-state index contributed by atoms with van der Waals surface area (Å²) in [6.07, 6.45) is -3.96. The third-order valence-electron chi connectivity index (χ3n) is 3.12. The normalized spacial score (nSPS) is 20.8. The van der Waals surface area contributed by atoms with Gasteiger partial charge in [0, 0.05) is 0 Å². The second-order valence-corrected chi connectivity index (χ2v) is 4.51. The maximum absolute atomic E-state index is 13.1. The Hall–Kier alpha value is -1.72. The van der Waals surface area contributed by atoms with Gasteiger partial charge in [-0.15, -0.1) is 0 Å². The van der Waals surface area contributed by atoms with E-state index >= 15 is 0 Å². The third-order valence-corrected chi connectivity index (χ3v) is 3.12. The van der Waals surface area contributed by atoms with Crippen molar-refractivity contribution in [1.82, 2.24) is 0 Å². The summed E-state index contributed by atoms with van der Waals surface area (Å²) in [5.74, 6) is -1.47. The van der Waals surface area contributed by atoms with E-state index in [-0.39, 0.29) is 30.7 Å². The molecule has 1 aromatic carbocycles. The first-order chi connectivity index (χ1) is 8.97. The maximum atomic E-state index is 13.1. The van der Waals surface area contributed by atoms with Gasteiger partial charge in [0.25, 0.3) is 6.02 Å². The van der Waals surface area contributed by atoms with Gasteiger partial charge in [-0.1, -0.05) is 30.3 Å². The van der Waals surface area contributed by atoms with Crippen LogP contribution in [0.2, 0.25) is 0 Å². The van der Waals surface area contributed by atoms with E-state index in [0.717, 1.165) is 0 Å². The second kappa shape index (κ2) is 5.50. The van der Waals surface area contributed by atoms with Gasteiger partial charge >= 0.3 is 6.18 Å². The van der Waals surface area contributed by atoms with Gasteiger partial charge in [-0.3, -0.25) is 0 Å². The zero-order valence-electron chi connectivity index (χ0n) is 10.2. The van der Waals surface area contributed by atoms with Gasteiger partial charge in [0.05, 0.1) is 12.0 Å². The Morgan fingerprint density at radius 1 is 1.32 bits per heavy atom. The number of rotatable bonds is 4. The molecule has 19 heavy (non-hydrogen) atoms. The van der Waals surface area contributed by atoms with Crippen molar-refractivity contribution in [1.29, 1.82) is 0 Å². The molecule has 2 rings (SSSR count). The number of ether oxygens (including phenoxy) is 1. The lowest BCUT2D eigenvalue weighted by Crippen LogP contribution is -2.22. The van der Waals surface area contributed by atoms with Crippen LogP contribution in [-0.2, 0) is 4.74 Å². The third kappa shape index (κ3) is 3.62. The number of alkyl halides is 3. The van der Waals surface area contributed by atoms with Crippen molar-refractivity contribution in [3.8, 4) is 0 Å². The summed E-state index contributed by atoms with van der Waals surface area (Å²) < 4.78 is 44.1. The van der Waals surface area contributed by atoms with E-state index in [0.29, 0.717) is 6.42 Å². The molecule has 104 valence electrons. The topological polar surface area (TPSA) is 47.6 Å². The van der Waals surface area contributed by atoms with E-state index in [1.165, 1.54) is 12.1 Å². The predicted octanol–water partition coefficient (Wildman–Crippen LogP) is 2.83. The van der Waals surface area contributed by atoms with Crippen molar-refractivity contribution in [2.75, 3.05) is 6.61 Å². The van der Waals surface area contributed by atoms with Gasteiger partial charge in [-0.05, 0) is 18.4 Å². The number of hydrogen-bond acceptors (Lipinski definition) is 3. The molecule has 1 aliphatic rings. The highest BCUT2D eigenvalue weighted by Crippen LogP contribution is 2.38. The fraction of sp³-hybridized carbons (Fsp3) is 0.462. The Morgan fingerprint density at radius 3 is 2.53 bits per heavy atom. The monoisotopic (exact) mass is 272 g/mol. The minimum Gasteiger partial charge on any atom is -0.463 e. The molecule has 6 heteroatoms. The van der Waals surface area contributed by atoms with E-state index in [1.807, 2.05) is 0 Å². The Labute approximate surface area is 109 Å². The van der Waals surface area contributed by atoms with E-state index in [2.05, 4.69) is 4.99 Å². The van der Waals surface area contributed by atoms with Crippen LogP contribution < -0.4 is 5.73 Å². The van der Waals surface area contributed by atoms with Crippen LogP contribution in [0, 0.1) is 0 Å². The average molecular weight is 272 g/mol. The maximum Gasteiger partial charge on any atom is 0.395 e. The lowest BCUT2D eigenvalue weighted by atomic mass is 9.92. The Bertz CT molecular complexity index is 445. The number of hydrogen-bond donors (Lipinski definition) is 1. The van der Waals surface area contributed by atoms with Crippen LogP contribution in [0.5, 0.6) is 0 Å². The van der Waals surface area contributed by atoms with Crippen LogP contribution in [0.1, 0.15) is 24.3 Å². The molecular weight excluding hydrogens is 257 g/mol. The molecule has 0 bridgehead atoms. The predicted molar refractivity (Wildman–Crippen MR) is 65.8 cm³/mol. The van der Waals surface area contributed by atoms with Gasteiger partial charge in [-0.25, -0.2) is 4.99 Å². The highest BCUT2D eigenvalue weighted by atomic mass is 19.4. The van der Waals surface area contributed by atoms with Crippen molar-refractivity contribution >= 4 is 6.02 Å². The first kappa shape index (κ1) is 13.7. The Kier molecular flexibility index (Phi) is 3.97. The van der Waals surface area contributed by atoms with E-state index < -0.39 is 12.1 Å². The summed E-state index contributed by atoms with van der Waals surface area (Å²) in [5.41, 5.74) is 5.62. The average Bonchev–Trinajstić information content (AvgIpc) is 2.75. The number of amidine groups is 1. The molecule has 0 amide bonds. The molecule has 0 aromatic heterocycles. The van der Waals surface area contributed by atoms with Gasteiger partial charge in [0.15, 0.2) is 0 Å². The molecule has 0 spiro atoms. The summed E-state index contributed by atoms with van der Waals surface area (Å²) in [5, 5.41) is 0. The summed E-state index contributed by atoms with van der Waals surface area (Å²) in [6, 6.07) is 7.72. The van der Waals surface area contributed by atoms with Crippen LogP contribution >= 0.6 is 0 Å². The number of benzene rings is 1. The standard InChI is InChI=1S/C13H15F3N2O/c14-13(15,16)11(9-4-2-1-3-5-9)7-6-10-8-19-12(17)18-10/h1-5,10-11H,6-8H2,(H2,17,18)/t10-,11?/m0/s1. The molecule has 0 aliphatic carbocycles. The highest BCUT2D eigenvalue weighted by molar-refractivity contribution is 5.72. The smallest absolute Gasteiger partial charge is 0.395 e. The van der Waals surface area contributed by atoms with Crippen molar-refractivity contribution < 1.29 is 17.9 Å². The van der Waals surface area contributed by atoms with E-state index in [4.69, 9.17) is 10.5 Å². The van der Waals surface area contributed by atoms with Crippen LogP contribution in [-0.4, -0.2) is 24.8 Å². The Balaban J connectivity index is 2.04. The molecule has 1 unspecified atom stereocenters. The fourth-order valence-electron chi connectivity index (χ4n) is 2.15. The van der Waals surface area contributed by atoms with Gasteiger partial charge in [-0.2, -0.15) is 13.2 Å². The lowest BCUT2D eigenvalue weighted by Gasteiger charge is -2.21. The lowest BCUT2D eigenvalue weighted by molar-refractivity contribution is -0.152. The minimum atomic E-state index is -4.25. The summed E-state index contributed by atoms with van der Waals surface area (Å²) in [4.78, 5) is 3.94. The van der Waals surface area contributed by atoms with Crippen LogP contribution in [0.3, 0.4) is 0 Å². The van der Waals surface area contributed by atoms with Crippen molar-refractivity contribution in [3.63, 3.8) is 0 Å². The van der Waals surface area contributed by atoms with Gasteiger partial charge in [0.2, 0.25) is 0 Å². The van der Waals surface area contributed by atoms with Gasteiger partial charge in [0.1, 0.15) is 6.61 Å².